The van der Waals surface area contributed by atoms with Crippen LogP contribution in [0.25, 0.3) is 0 Å². The maximum absolute atomic E-state index is 12.6. The average molecular weight is 275 g/mol. The van der Waals surface area contributed by atoms with E-state index in [0.717, 1.165) is 13.1 Å². The first kappa shape index (κ1) is 14.4. The first-order valence-corrected chi connectivity index (χ1v) is 6.61. The molecular weight excluding hydrogens is 255 g/mol. The van der Waals surface area contributed by atoms with Gasteiger partial charge in [0.05, 0.1) is 5.92 Å². The van der Waals surface area contributed by atoms with Gasteiger partial charge in [0.2, 0.25) is 0 Å². The highest BCUT2D eigenvalue weighted by Gasteiger charge is 2.43. The maximum Gasteiger partial charge on any atom is 0.393 e. The van der Waals surface area contributed by atoms with Gasteiger partial charge >= 0.3 is 6.18 Å². The van der Waals surface area contributed by atoms with E-state index >= 15 is 0 Å². The molecule has 2 rings (SSSR count). The number of nitrogens with zero attached hydrogens (tertiary/aromatic N) is 2. The van der Waals surface area contributed by atoms with Gasteiger partial charge in [-0.15, -0.1) is 0 Å². The molecule has 2 saturated heterocycles. The second kappa shape index (κ2) is 5.53. The molecule has 6 heteroatoms. The number of alkyl halides is 3. The standard InChI is InChI=1S/C13H20F3N3/c1-9(11-6-17-7-11)5-18-10(2)19-4-3-12(8-19)13(14,15)16/h5,11-12,17H,3-4,6-8H2,1-2H3/b9-5+,18-10?/t12-/m1/s1. The molecule has 2 fully saturated rings. The number of halogens is 3. The Bertz CT molecular complexity index is 383. The number of hydrogen-bond donors (Lipinski definition) is 1. The van der Waals surface area contributed by atoms with Gasteiger partial charge in [-0.1, -0.05) is 0 Å². The molecule has 0 aromatic rings. The average Bonchev–Trinajstić information content (AvgIpc) is 2.72. The van der Waals surface area contributed by atoms with Crippen molar-refractivity contribution in [2.75, 3.05) is 26.2 Å². The van der Waals surface area contributed by atoms with E-state index in [4.69, 9.17) is 0 Å². The molecule has 0 aliphatic carbocycles. The summed E-state index contributed by atoms with van der Waals surface area (Å²) in [6.45, 7) is 6.22. The molecule has 19 heavy (non-hydrogen) atoms. The molecular formula is C13H20F3N3. The Morgan fingerprint density at radius 3 is 2.47 bits per heavy atom. The molecule has 108 valence electrons. The number of nitrogens with one attached hydrogen (secondary N) is 1. The van der Waals surface area contributed by atoms with Crippen LogP contribution in [0, 0.1) is 11.8 Å². The van der Waals surface area contributed by atoms with Crippen molar-refractivity contribution in [1.29, 1.82) is 0 Å². The SMILES string of the molecule is CC(=N/C=C(\C)C1CNC1)N1CC[C@@H](C(F)(F)F)C1. The Labute approximate surface area is 111 Å². The molecule has 0 unspecified atom stereocenters. The van der Waals surface area contributed by atoms with Gasteiger partial charge in [0.1, 0.15) is 5.84 Å². The molecule has 0 aromatic carbocycles. The van der Waals surface area contributed by atoms with Gasteiger partial charge in [-0.3, -0.25) is 0 Å². The first-order valence-electron chi connectivity index (χ1n) is 6.61. The summed E-state index contributed by atoms with van der Waals surface area (Å²) in [5, 5.41) is 3.18. The van der Waals surface area contributed by atoms with Gasteiger partial charge in [0.15, 0.2) is 0 Å². The molecule has 0 spiro atoms. The van der Waals surface area contributed by atoms with E-state index in [2.05, 4.69) is 10.3 Å². The smallest absolute Gasteiger partial charge is 0.360 e. The van der Waals surface area contributed by atoms with Crippen molar-refractivity contribution in [2.24, 2.45) is 16.8 Å². The number of hydrogen-bond acceptors (Lipinski definition) is 2. The largest absolute Gasteiger partial charge is 0.393 e. The summed E-state index contributed by atoms with van der Waals surface area (Å²) in [5.41, 5.74) is 1.18. The second-order valence-corrected chi connectivity index (χ2v) is 5.38. The number of likely N-dealkylation sites (tertiary alicyclic amines) is 1. The van der Waals surface area contributed by atoms with Crippen molar-refractivity contribution >= 4 is 5.84 Å². The predicted octanol–water partition coefficient (Wildman–Crippen LogP) is 2.41. The van der Waals surface area contributed by atoms with Crippen LogP contribution < -0.4 is 5.32 Å². The molecule has 2 aliphatic heterocycles. The van der Waals surface area contributed by atoms with Crippen LogP contribution in [0.2, 0.25) is 0 Å². The molecule has 1 atom stereocenters. The van der Waals surface area contributed by atoms with E-state index in [-0.39, 0.29) is 13.0 Å². The Morgan fingerprint density at radius 1 is 1.32 bits per heavy atom. The van der Waals surface area contributed by atoms with Crippen LogP contribution >= 0.6 is 0 Å². The molecule has 2 aliphatic rings. The zero-order valence-corrected chi connectivity index (χ0v) is 11.3. The van der Waals surface area contributed by atoms with E-state index in [1.54, 1.807) is 18.0 Å². The van der Waals surface area contributed by atoms with Crippen molar-refractivity contribution in [1.82, 2.24) is 10.2 Å². The summed E-state index contributed by atoms with van der Waals surface area (Å²) in [7, 11) is 0. The minimum Gasteiger partial charge on any atom is -0.360 e. The topological polar surface area (TPSA) is 27.6 Å². The van der Waals surface area contributed by atoms with Gasteiger partial charge in [0, 0.05) is 38.3 Å². The van der Waals surface area contributed by atoms with Crippen LogP contribution in [0.5, 0.6) is 0 Å². The molecule has 2 heterocycles. The minimum atomic E-state index is -4.08. The van der Waals surface area contributed by atoms with Crippen LogP contribution in [0.15, 0.2) is 16.8 Å². The maximum atomic E-state index is 12.6. The van der Waals surface area contributed by atoms with Crippen molar-refractivity contribution in [2.45, 2.75) is 26.4 Å². The van der Waals surface area contributed by atoms with E-state index < -0.39 is 12.1 Å². The monoisotopic (exact) mass is 275 g/mol. The quantitative estimate of drug-likeness (QED) is 0.619. The second-order valence-electron chi connectivity index (χ2n) is 5.38. The van der Waals surface area contributed by atoms with Crippen molar-refractivity contribution in [3.05, 3.63) is 11.8 Å². The third kappa shape index (κ3) is 3.49. The van der Waals surface area contributed by atoms with Crippen LogP contribution in [0.3, 0.4) is 0 Å². The molecule has 0 amide bonds. The fourth-order valence-corrected chi connectivity index (χ4v) is 2.31. The summed E-state index contributed by atoms with van der Waals surface area (Å²) in [5.74, 6) is -0.00464. The van der Waals surface area contributed by atoms with Crippen LogP contribution in [0.1, 0.15) is 20.3 Å². The Hall–Kier alpha value is -1.04. The zero-order chi connectivity index (χ0) is 14.0. The van der Waals surface area contributed by atoms with Gasteiger partial charge in [-0.05, 0) is 25.8 Å². The highest BCUT2D eigenvalue weighted by Crippen LogP contribution is 2.33. The lowest BCUT2D eigenvalue weighted by Gasteiger charge is -2.27. The van der Waals surface area contributed by atoms with Crippen molar-refractivity contribution in [3.63, 3.8) is 0 Å². The third-order valence-corrected chi connectivity index (χ3v) is 3.99. The summed E-state index contributed by atoms with van der Waals surface area (Å²) >= 11 is 0. The number of aliphatic imine (C=N–C) groups is 1. The van der Waals surface area contributed by atoms with Crippen molar-refractivity contribution < 1.29 is 13.2 Å². The zero-order valence-electron chi connectivity index (χ0n) is 11.3. The van der Waals surface area contributed by atoms with Crippen LogP contribution in [-0.4, -0.2) is 43.1 Å². The summed E-state index contributed by atoms with van der Waals surface area (Å²) in [6, 6.07) is 0. The normalized spacial score (nSPS) is 26.8. The van der Waals surface area contributed by atoms with E-state index in [9.17, 15) is 13.2 Å². The van der Waals surface area contributed by atoms with Gasteiger partial charge in [-0.2, -0.15) is 13.2 Å². The summed E-state index contributed by atoms with van der Waals surface area (Å²) < 4.78 is 37.8. The highest BCUT2D eigenvalue weighted by atomic mass is 19.4. The predicted molar refractivity (Wildman–Crippen MR) is 69.0 cm³/mol. The molecule has 0 bridgehead atoms. The van der Waals surface area contributed by atoms with E-state index in [1.165, 1.54) is 5.57 Å². The van der Waals surface area contributed by atoms with Crippen molar-refractivity contribution in [3.8, 4) is 0 Å². The molecule has 0 saturated carbocycles. The lowest BCUT2D eigenvalue weighted by molar-refractivity contribution is -0.169. The van der Waals surface area contributed by atoms with Gasteiger partial charge in [0.25, 0.3) is 0 Å². The van der Waals surface area contributed by atoms with Crippen LogP contribution in [-0.2, 0) is 0 Å². The summed E-state index contributed by atoms with van der Waals surface area (Å²) in [6.07, 6.45) is -2.12. The van der Waals surface area contributed by atoms with E-state index in [1.807, 2.05) is 6.92 Å². The van der Waals surface area contributed by atoms with Gasteiger partial charge in [-0.25, -0.2) is 4.99 Å². The molecule has 3 nitrogen and oxygen atoms in total. The molecule has 1 N–H and O–H groups in total. The molecule has 0 aromatic heterocycles. The van der Waals surface area contributed by atoms with Crippen LogP contribution in [0.4, 0.5) is 13.2 Å². The number of amidine groups is 1. The third-order valence-electron chi connectivity index (χ3n) is 3.99. The summed E-state index contributed by atoms with van der Waals surface area (Å²) in [4.78, 5) is 6.03. The lowest BCUT2D eigenvalue weighted by Crippen LogP contribution is -2.42. The first-order chi connectivity index (χ1) is 8.88. The van der Waals surface area contributed by atoms with Gasteiger partial charge < -0.3 is 10.2 Å². The fourth-order valence-electron chi connectivity index (χ4n) is 2.31. The Kier molecular flexibility index (Phi) is 4.18. The Balaban J connectivity index is 1.91. The number of rotatable bonds is 2. The molecule has 0 radical (unpaired) electrons. The lowest BCUT2D eigenvalue weighted by atomic mass is 9.96. The minimum absolute atomic E-state index is 0.0384. The Morgan fingerprint density at radius 2 is 2.00 bits per heavy atom. The van der Waals surface area contributed by atoms with E-state index in [0.29, 0.717) is 18.3 Å². The highest BCUT2D eigenvalue weighted by molar-refractivity contribution is 5.80. The fraction of sp³-hybridized carbons (Fsp3) is 0.769.